The molecule has 5 nitrogen and oxygen atoms in total. The lowest BCUT2D eigenvalue weighted by Crippen LogP contribution is -1.88. The molecular weight excluding hydrogens is 277 g/mol. The number of benzene rings is 1. The molecule has 0 saturated carbocycles. The largest absolute Gasteiger partial charge is 0.497 e. The second kappa shape index (κ2) is 6.89. The van der Waals surface area contributed by atoms with Gasteiger partial charge in [-0.05, 0) is 35.9 Å². The normalized spacial score (nSPS) is 12.8. The molecule has 1 N–H and O–H groups in total. The fourth-order valence-electron chi connectivity index (χ4n) is 1.66. The number of rotatable bonds is 5. The Bertz CT molecular complexity index is 628. The van der Waals surface area contributed by atoms with Gasteiger partial charge >= 0.3 is 8.25 Å². The first-order valence-corrected chi connectivity index (χ1v) is 7.12. The number of hydrogen-bond donors (Lipinski definition) is 1. The zero-order chi connectivity index (χ0) is 14.4. The Hall–Kier alpha value is -2.10. The van der Waals surface area contributed by atoms with E-state index in [9.17, 15) is 4.57 Å². The molecule has 1 aromatic carbocycles. The molecule has 0 radical (unpaired) electrons. The Morgan fingerprint density at radius 3 is 2.85 bits per heavy atom. The Morgan fingerprint density at radius 2 is 2.20 bits per heavy atom. The number of ether oxygens (including phenoxy) is 1. The molecule has 6 heteroatoms. The van der Waals surface area contributed by atoms with Gasteiger partial charge in [-0.25, -0.2) is 4.57 Å². The van der Waals surface area contributed by atoms with Gasteiger partial charge in [-0.15, -0.1) is 0 Å². The van der Waals surface area contributed by atoms with E-state index in [4.69, 9.17) is 14.2 Å². The summed E-state index contributed by atoms with van der Waals surface area (Å²) in [6.07, 6.45) is 4.85. The molecule has 0 saturated heterocycles. The third-order valence-electron chi connectivity index (χ3n) is 2.53. The smallest absolute Gasteiger partial charge is 0.365 e. The van der Waals surface area contributed by atoms with Gasteiger partial charge in [0.15, 0.2) is 0 Å². The molecule has 1 heterocycles. The van der Waals surface area contributed by atoms with Crippen LogP contribution in [-0.4, -0.2) is 17.0 Å². The highest BCUT2D eigenvalue weighted by Crippen LogP contribution is 2.29. The number of hydrogen-bond acceptors (Lipinski definition) is 4. The van der Waals surface area contributed by atoms with Gasteiger partial charge in [-0.2, -0.15) is 0 Å². The van der Waals surface area contributed by atoms with Crippen molar-refractivity contribution in [2.45, 2.75) is 0 Å². The predicted octanol–water partition coefficient (Wildman–Crippen LogP) is 2.99. The molecule has 0 bridgehead atoms. The van der Waals surface area contributed by atoms with Crippen molar-refractivity contribution in [1.82, 2.24) is 4.98 Å². The van der Waals surface area contributed by atoms with Crippen LogP contribution >= 0.6 is 8.25 Å². The van der Waals surface area contributed by atoms with Crippen molar-refractivity contribution in [2.75, 3.05) is 7.11 Å². The molecule has 0 spiro atoms. The second-order valence-electron chi connectivity index (χ2n) is 3.89. The summed E-state index contributed by atoms with van der Waals surface area (Å²) in [6, 6.07) is 10.8. The molecule has 1 unspecified atom stereocenters. The molecule has 0 amide bonds. The van der Waals surface area contributed by atoms with Crippen LogP contribution < -0.4 is 4.74 Å². The van der Waals surface area contributed by atoms with E-state index >= 15 is 0 Å². The highest BCUT2D eigenvalue weighted by Gasteiger charge is 2.06. The summed E-state index contributed by atoms with van der Waals surface area (Å²) < 4.78 is 21.1. The van der Waals surface area contributed by atoms with Gasteiger partial charge in [0, 0.05) is 18.0 Å². The summed E-state index contributed by atoms with van der Waals surface area (Å²) in [4.78, 5) is 13.0. The van der Waals surface area contributed by atoms with E-state index in [0.29, 0.717) is 11.3 Å². The van der Waals surface area contributed by atoms with Crippen LogP contribution in [0.3, 0.4) is 0 Å². The Labute approximate surface area is 117 Å². The number of nitrogens with zero attached hydrogens (tertiary/aromatic N) is 1. The van der Waals surface area contributed by atoms with Gasteiger partial charge in [0.2, 0.25) is 0 Å². The SMILES string of the molecule is COc1cccc(C=C(O[PH](=O)O)c2cccnc2)c1. The lowest BCUT2D eigenvalue weighted by molar-refractivity contribution is 0.394. The van der Waals surface area contributed by atoms with Crippen LogP contribution in [0.25, 0.3) is 11.8 Å². The van der Waals surface area contributed by atoms with Crippen LogP contribution in [0.2, 0.25) is 0 Å². The van der Waals surface area contributed by atoms with Gasteiger partial charge in [-0.1, -0.05) is 12.1 Å². The quantitative estimate of drug-likeness (QED) is 0.677. The highest BCUT2D eigenvalue weighted by atomic mass is 31.1. The molecule has 1 atom stereocenters. The van der Waals surface area contributed by atoms with Gasteiger partial charge in [0.05, 0.1) is 7.11 Å². The van der Waals surface area contributed by atoms with E-state index < -0.39 is 8.25 Å². The van der Waals surface area contributed by atoms with E-state index in [1.54, 1.807) is 43.8 Å². The first kappa shape index (κ1) is 14.3. The van der Waals surface area contributed by atoms with Gasteiger partial charge in [-0.3, -0.25) is 4.98 Å². The van der Waals surface area contributed by atoms with Gasteiger partial charge < -0.3 is 14.2 Å². The molecule has 0 aliphatic heterocycles. The Balaban J connectivity index is 2.39. The minimum Gasteiger partial charge on any atom is -0.497 e. The van der Waals surface area contributed by atoms with Crippen molar-refractivity contribution in [1.29, 1.82) is 0 Å². The molecule has 2 rings (SSSR count). The third kappa shape index (κ3) is 3.95. The summed E-state index contributed by atoms with van der Waals surface area (Å²) >= 11 is 0. The number of methoxy groups -OCH3 is 1. The van der Waals surface area contributed by atoms with Crippen molar-refractivity contribution >= 4 is 20.1 Å². The summed E-state index contributed by atoms with van der Waals surface area (Å²) in [6.45, 7) is 0. The molecule has 0 aliphatic carbocycles. The number of pyridine rings is 1. The average Bonchev–Trinajstić information content (AvgIpc) is 2.47. The maximum atomic E-state index is 11.0. The van der Waals surface area contributed by atoms with Crippen LogP contribution in [0.1, 0.15) is 11.1 Å². The predicted molar refractivity (Wildman–Crippen MR) is 77.4 cm³/mol. The second-order valence-corrected chi connectivity index (χ2v) is 4.63. The van der Waals surface area contributed by atoms with Crippen molar-refractivity contribution < 1.29 is 18.7 Å². The first-order valence-electron chi connectivity index (χ1n) is 5.86. The molecule has 104 valence electrons. The Kier molecular flexibility index (Phi) is 4.93. The monoisotopic (exact) mass is 291 g/mol. The van der Waals surface area contributed by atoms with Crippen molar-refractivity contribution in [3.63, 3.8) is 0 Å². The Morgan fingerprint density at radius 1 is 1.35 bits per heavy atom. The molecule has 20 heavy (non-hydrogen) atoms. The van der Waals surface area contributed by atoms with Crippen LogP contribution in [0.5, 0.6) is 5.75 Å². The van der Waals surface area contributed by atoms with E-state index in [1.807, 2.05) is 18.2 Å². The minimum atomic E-state index is -3.09. The van der Waals surface area contributed by atoms with E-state index in [-0.39, 0.29) is 5.76 Å². The lowest BCUT2D eigenvalue weighted by atomic mass is 10.1. The van der Waals surface area contributed by atoms with Crippen molar-refractivity contribution in [3.8, 4) is 5.75 Å². The standard InChI is InChI=1S/C14H14NO4P/c1-18-13-6-2-4-11(8-13)9-14(19-20(16)17)12-5-3-7-15-10-12/h2-10,20H,1H3,(H,16,17). The van der Waals surface area contributed by atoms with Crippen molar-refractivity contribution in [3.05, 3.63) is 59.9 Å². The summed E-state index contributed by atoms with van der Waals surface area (Å²) in [5.41, 5.74) is 1.43. The molecule has 0 fully saturated rings. The minimum absolute atomic E-state index is 0.290. The van der Waals surface area contributed by atoms with Crippen LogP contribution in [-0.2, 0) is 9.09 Å². The van der Waals surface area contributed by atoms with Gasteiger partial charge in [0.1, 0.15) is 11.5 Å². The number of aromatic nitrogens is 1. The third-order valence-corrected chi connectivity index (χ3v) is 2.93. The summed E-state index contributed by atoms with van der Waals surface area (Å²) in [5.74, 6) is 0.985. The zero-order valence-electron chi connectivity index (χ0n) is 10.8. The molecule has 1 aromatic heterocycles. The van der Waals surface area contributed by atoms with E-state index in [2.05, 4.69) is 4.98 Å². The average molecular weight is 291 g/mol. The maximum Gasteiger partial charge on any atom is 0.365 e. The topological polar surface area (TPSA) is 68.7 Å². The lowest BCUT2D eigenvalue weighted by Gasteiger charge is -2.08. The van der Waals surface area contributed by atoms with E-state index in [0.717, 1.165) is 5.56 Å². The first-order chi connectivity index (χ1) is 9.69. The summed E-state index contributed by atoms with van der Waals surface area (Å²) in [5, 5.41) is 0. The molecule has 0 aliphatic rings. The van der Waals surface area contributed by atoms with Crippen LogP contribution in [0.4, 0.5) is 0 Å². The summed E-state index contributed by atoms with van der Waals surface area (Å²) in [7, 11) is -1.52. The molecular formula is C14H14NO4P. The highest BCUT2D eigenvalue weighted by molar-refractivity contribution is 7.32. The van der Waals surface area contributed by atoms with E-state index in [1.165, 1.54) is 0 Å². The van der Waals surface area contributed by atoms with Crippen molar-refractivity contribution in [2.24, 2.45) is 0 Å². The van der Waals surface area contributed by atoms with Crippen LogP contribution in [0.15, 0.2) is 48.8 Å². The van der Waals surface area contributed by atoms with Gasteiger partial charge in [0.25, 0.3) is 0 Å². The fourth-order valence-corrected chi connectivity index (χ4v) is 2.02. The zero-order valence-corrected chi connectivity index (χ0v) is 11.8. The maximum absolute atomic E-state index is 11.0. The van der Waals surface area contributed by atoms with Crippen LogP contribution in [0, 0.1) is 0 Å². The molecule has 2 aromatic rings. The fraction of sp³-hybridized carbons (Fsp3) is 0.0714.